The van der Waals surface area contributed by atoms with E-state index in [0.29, 0.717) is 0 Å². The summed E-state index contributed by atoms with van der Waals surface area (Å²) in [5, 5.41) is 9.39. The molecule has 15 heavy (non-hydrogen) atoms. The lowest BCUT2D eigenvalue weighted by molar-refractivity contribution is 0.0336. The van der Waals surface area contributed by atoms with Gasteiger partial charge in [-0.05, 0) is 12.1 Å². The van der Waals surface area contributed by atoms with Gasteiger partial charge in [-0.3, -0.25) is 4.90 Å². The van der Waals surface area contributed by atoms with Crippen molar-refractivity contribution in [3.63, 3.8) is 0 Å². The summed E-state index contributed by atoms with van der Waals surface area (Å²) in [7, 11) is 0. The fraction of sp³-hybridized carbons (Fsp3) is 0.500. The highest BCUT2D eigenvalue weighted by molar-refractivity contribution is 6.30. The fourth-order valence-electron chi connectivity index (χ4n) is 1.54. The minimum Gasteiger partial charge on any atom is -0.505 e. The Bertz CT molecular complexity index is 340. The number of hydrogen-bond donors (Lipinski definition) is 1. The molecule has 1 aliphatic heterocycles. The quantitative estimate of drug-likeness (QED) is 0.775. The number of rotatable bonds is 2. The SMILES string of the molecule is Oc1ccc(CN2CCOCC2)nc1Cl. The monoisotopic (exact) mass is 228 g/mol. The second-order valence-corrected chi connectivity index (χ2v) is 3.86. The van der Waals surface area contributed by atoms with Gasteiger partial charge in [0.2, 0.25) is 0 Å². The fourth-order valence-corrected chi connectivity index (χ4v) is 1.71. The molecule has 1 fully saturated rings. The molecule has 1 saturated heterocycles. The van der Waals surface area contributed by atoms with E-state index in [-0.39, 0.29) is 10.9 Å². The third-order valence-electron chi connectivity index (χ3n) is 2.38. The van der Waals surface area contributed by atoms with E-state index in [1.165, 1.54) is 0 Å². The van der Waals surface area contributed by atoms with Gasteiger partial charge in [0.25, 0.3) is 0 Å². The van der Waals surface area contributed by atoms with Gasteiger partial charge in [-0.25, -0.2) is 4.98 Å². The van der Waals surface area contributed by atoms with E-state index >= 15 is 0 Å². The van der Waals surface area contributed by atoms with Crippen molar-refractivity contribution < 1.29 is 9.84 Å². The Morgan fingerprint density at radius 1 is 1.40 bits per heavy atom. The Morgan fingerprint density at radius 3 is 2.80 bits per heavy atom. The van der Waals surface area contributed by atoms with Crippen LogP contribution in [-0.4, -0.2) is 41.3 Å². The predicted octanol–water partition coefficient (Wildman–Crippen LogP) is 1.27. The van der Waals surface area contributed by atoms with Gasteiger partial charge in [0.15, 0.2) is 10.9 Å². The van der Waals surface area contributed by atoms with Crippen LogP contribution < -0.4 is 0 Å². The first-order chi connectivity index (χ1) is 7.25. The van der Waals surface area contributed by atoms with Gasteiger partial charge in [0.05, 0.1) is 18.9 Å². The third-order valence-corrected chi connectivity index (χ3v) is 2.65. The highest BCUT2D eigenvalue weighted by atomic mass is 35.5. The molecule has 1 aromatic heterocycles. The molecule has 1 N–H and O–H groups in total. The Morgan fingerprint density at radius 2 is 2.13 bits per heavy atom. The van der Waals surface area contributed by atoms with Gasteiger partial charge in [-0.2, -0.15) is 0 Å². The smallest absolute Gasteiger partial charge is 0.171 e. The Kier molecular flexibility index (Phi) is 3.41. The summed E-state index contributed by atoms with van der Waals surface area (Å²) in [6, 6.07) is 3.36. The third kappa shape index (κ3) is 2.81. The maximum atomic E-state index is 9.22. The zero-order chi connectivity index (χ0) is 10.7. The zero-order valence-electron chi connectivity index (χ0n) is 8.32. The van der Waals surface area contributed by atoms with Crippen molar-refractivity contribution >= 4 is 11.6 Å². The number of hydrogen-bond acceptors (Lipinski definition) is 4. The molecule has 0 bridgehead atoms. The molecule has 2 heterocycles. The van der Waals surface area contributed by atoms with Gasteiger partial charge in [-0.15, -0.1) is 0 Å². The van der Waals surface area contributed by atoms with Crippen LogP contribution in [0.25, 0.3) is 0 Å². The van der Waals surface area contributed by atoms with Crippen LogP contribution in [0, 0.1) is 0 Å². The van der Waals surface area contributed by atoms with Crippen LogP contribution in [0.2, 0.25) is 5.15 Å². The van der Waals surface area contributed by atoms with E-state index < -0.39 is 0 Å². The summed E-state index contributed by atoms with van der Waals surface area (Å²) in [6.07, 6.45) is 0. The van der Waals surface area contributed by atoms with Crippen molar-refractivity contribution in [3.05, 3.63) is 23.0 Å². The molecule has 0 amide bonds. The average Bonchev–Trinajstić information content (AvgIpc) is 2.25. The van der Waals surface area contributed by atoms with E-state index in [9.17, 15) is 5.11 Å². The Labute approximate surface area is 93.4 Å². The molecule has 0 aliphatic carbocycles. The van der Waals surface area contributed by atoms with Crippen molar-refractivity contribution in [1.29, 1.82) is 0 Å². The summed E-state index contributed by atoms with van der Waals surface area (Å²) in [4.78, 5) is 6.35. The van der Waals surface area contributed by atoms with Crippen LogP contribution in [-0.2, 0) is 11.3 Å². The molecule has 0 spiro atoms. The molecule has 0 saturated carbocycles. The second-order valence-electron chi connectivity index (χ2n) is 3.50. The number of halogens is 1. The number of aromatic hydroxyl groups is 1. The van der Waals surface area contributed by atoms with Gasteiger partial charge in [0, 0.05) is 19.6 Å². The summed E-state index contributed by atoms with van der Waals surface area (Å²) < 4.78 is 5.25. The van der Waals surface area contributed by atoms with Gasteiger partial charge in [-0.1, -0.05) is 11.6 Å². The second kappa shape index (κ2) is 4.79. The topological polar surface area (TPSA) is 45.6 Å². The number of nitrogens with zero attached hydrogens (tertiary/aromatic N) is 2. The van der Waals surface area contributed by atoms with Crippen LogP contribution in [0.5, 0.6) is 5.75 Å². The molecule has 0 unspecified atom stereocenters. The highest BCUT2D eigenvalue weighted by Crippen LogP contribution is 2.20. The minimum absolute atomic E-state index is 0.0300. The van der Waals surface area contributed by atoms with Crippen molar-refractivity contribution in [2.45, 2.75) is 6.54 Å². The van der Waals surface area contributed by atoms with Crippen LogP contribution in [0.3, 0.4) is 0 Å². The average molecular weight is 229 g/mol. The van der Waals surface area contributed by atoms with E-state index in [2.05, 4.69) is 9.88 Å². The predicted molar refractivity (Wildman–Crippen MR) is 57.0 cm³/mol. The number of aromatic nitrogens is 1. The van der Waals surface area contributed by atoms with Crippen molar-refractivity contribution in [2.75, 3.05) is 26.3 Å². The van der Waals surface area contributed by atoms with E-state index in [1.54, 1.807) is 12.1 Å². The van der Waals surface area contributed by atoms with Gasteiger partial charge < -0.3 is 9.84 Å². The van der Waals surface area contributed by atoms with E-state index in [4.69, 9.17) is 16.3 Å². The highest BCUT2D eigenvalue weighted by Gasteiger charge is 2.12. The first-order valence-corrected chi connectivity index (χ1v) is 5.28. The molecule has 0 aromatic carbocycles. The normalized spacial score (nSPS) is 17.9. The van der Waals surface area contributed by atoms with Crippen LogP contribution in [0.15, 0.2) is 12.1 Å². The number of morpholine rings is 1. The van der Waals surface area contributed by atoms with Crippen LogP contribution in [0.4, 0.5) is 0 Å². The molecule has 1 aromatic rings. The van der Waals surface area contributed by atoms with Crippen molar-refractivity contribution in [2.24, 2.45) is 0 Å². The lowest BCUT2D eigenvalue weighted by Gasteiger charge is -2.26. The maximum absolute atomic E-state index is 9.22. The van der Waals surface area contributed by atoms with Crippen LogP contribution in [0.1, 0.15) is 5.69 Å². The standard InChI is InChI=1S/C10H13ClN2O2/c11-10-9(14)2-1-8(12-10)7-13-3-5-15-6-4-13/h1-2,14H,3-7H2. The first kappa shape index (κ1) is 10.7. The Hall–Kier alpha value is -0.840. The number of pyridine rings is 1. The maximum Gasteiger partial charge on any atom is 0.171 e. The molecule has 4 nitrogen and oxygen atoms in total. The summed E-state index contributed by atoms with van der Waals surface area (Å²) in [5.41, 5.74) is 0.875. The lowest BCUT2D eigenvalue weighted by atomic mass is 10.3. The van der Waals surface area contributed by atoms with Crippen molar-refractivity contribution in [3.8, 4) is 5.75 Å². The summed E-state index contributed by atoms with van der Waals surface area (Å²) >= 11 is 5.73. The molecule has 1 aliphatic rings. The van der Waals surface area contributed by atoms with E-state index in [0.717, 1.165) is 38.5 Å². The summed E-state index contributed by atoms with van der Waals surface area (Å²) in [5.74, 6) is 0.0300. The molecule has 0 radical (unpaired) electrons. The lowest BCUT2D eigenvalue weighted by Crippen LogP contribution is -2.35. The molecule has 2 rings (SSSR count). The largest absolute Gasteiger partial charge is 0.505 e. The minimum atomic E-state index is 0.0300. The summed E-state index contributed by atoms with van der Waals surface area (Å²) in [6.45, 7) is 4.13. The van der Waals surface area contributed by atoms with Crippen LogP contribution >= 0.6 is 11.6 Å². The number of ether oxygens (including phenoxy) is 1. The van der Waals surface area contributed by atoms with Crippen molar-refractivity contribution in [1.82, 2.24) is 9.88 Å². The molecule has 0 atom stereocenters. The first-order valence-electron chi connectivity index (χ1n) is 4.90. The molecular formula is C10H13ClN2O2. The molecule has 82 valence electrons. The molecular weight excluding hydrogens is 216 g/mol. The van der Waals surface area contributed by atoms with E-state index in [1.807, 2.05) is 0 Å². The Balaban J connectivity index is 2.00. The van der Waals surface area contributed by atoms with Gasteiger partial charge >= 0.3 is 0 Å². The zero-order valence-corrected chi connectivity index (χ0v) is 9.07. The molecule has 5 heteroatoms. The van der Waals surface area contributed by atoms with Gasteiger partial charge in [0.1, 0.15) is 0 Å².